The normalized spacial score (nSPS) is 39.2. The van der Waals surface area contributed by atoms with Crippen LogP contribution in [0.4, 0.5) is 0 Å². The minimum Gasteiger partial charge on any atom is -0.468 e. The fourth-order valence-electron chi connectivity index (χ4n) is 5.89. The van der Waals surface area contributed by atoms with E-state index in [-0.39, 0.29) is 34.7 Å². The van der Waals surface area contributed by atoms with E-state index >= 15 is 0 Å². The van der Waals surface area contributed by atoms with Gasteiger partial charge in [-0.1, -0.05) is 26.8 Å². The van der Waals surface area contributed by atoms with Crippen LogP contribution in [-0.2, 0) is 18.8 Å². The van der Waals surface area contributed by atoms with Gasteiger partial charge in [0.25, 0.3) is 0 Å². The van der Waals surface area contributed by atoms with Crippen LogP contribution in [0.3, 0.4) is 0 Å². The van der Waals surface area contributed by atoms with Crippen molar-refractivity contribution in [1.29, 1.82) is 0 Å². The Kier molecular flexibility index (Phi) is 4.59. The van der Waals surface area contributed by atoms with Crippen molar-refractivity contribution in [2.75, 3.05) is 7.11 Å². The summed E-state index contributed by atoms with van der Waals surface area (Å²) in [5, 5.41) is 0.0512. The van der Waals surface area contributed by atoms with E-state index in [2.05, 4.69) is 40.4 Å². The van der Waals surface area contributed by atoms with Gasteiger partial charge in [0.15, 0.2) is 8.32 Å². The Labute approximate surface area is 158 Å². The molecule has 0 aliphatic heterocycles. The lowest BCUT2D eigenvalue weighted by atomic mass is 9.45. The smallest absolute Gasteiger partial charge is 0.315 e. The van der Waals surface area contributed by atoms with Crippen LogP contribution in [0.1, 0.15) is 52.9 Å². The Morgan fingerprint density at radius 3 is 2.54 bits per heavy atom. The molecule has 4 aliphatic carbocycles. The summed E-state index contributed by atoms with van der Waals surface area (Å²) in [6.07, 6.45) is 5.27. The standard InChI is InChI=1S/C21H34O4Si/c1-8-9-20-15-10-14(11-16(20)22)13-21(20,18(23)24-5)17(12-15)25-26(6,7)19(2,3)4/h8,14-15,17H,1,9-13H2,2-7H3/t14?,15-,17-,20+,21+/m0/s1. The molecule has 0 N–H and O–H groups in total. The minimum atomic E-state index is -2.09. The van der Waals surface area contributed by atoms with Crippen LogP contribution < -0.4 is 0 Å². The van der Waals surface area contributed by atoms with Gasteiger partial charge in [-0.2, -0.15) is 0 Å². The average Bonchev–Trinajstić information content (AvgIpc) is 2.69. The molecule has 4 rings (SSSR count). The molecule has 4 fully saturated rings. The molecule has 5 atom stereocenters. The molecule has 0 aromatic carbocycles. The minimum absolute atomic E-state index is 0.0512. The first-order valence-electron chi connectivity index (χ1n) is 9.86. The number of ketones is 1. The fourth-order valence-corrected chi connectivity index (χ4v) is 7.25. The Balaban J connectivity index is 2.12. The lowest BCUT2D eigenvalue weighted by Gasteiger charge is -2.57. The molecule has 1 unspecified atom stereocenters. The van der Waals surface area contributed by atoms with Gasteiger partial charge in [0, 0.05) is 6.42 Å². The molecule has 5 heteroatoms. The van der Waals surface area contributed by atoms with E-state index < -0.39 is 19.1 Å². The first-order chi connectivity index (χ1) is 12.0. The number of carbonyl (C=O) groups excluding carboxylic acids is 2. The molecule has 0 aromatic rings. The number of allylic oxidation sites excluding steroid dienone is 1. The maximum absolute atomic E-state index is 13.3. The third kappa shape index (κ3) is 2.35. The van der Waals surface area contributed by atoms with Crippen LogP contribution in [-0.4, -0.2) is 33.3 Å². The third-order valence-electron chi connectivity index (χ3n) is 8.00. The quantitative estimate of drug-likeness (QED) is 0.401. The Morgan fingerprint density at radius 1 is 1.35 bits per heavy atom. The highest BCUT2D eigenvalue weighted by Gasteiger charge is 2.77. The molecule has 26 heavy (non-hydrogen) atoms. The molecular weight excluding hydrogens is 344 g/mol. The molecule has 0 saturated heterocycles. The van der Waals surface area contributed by atoms with Crippen molar-refractivity contribution in [3.05, 3.63) is 12.7 Å². The summed E-state index contributed by atoms with van der Waals surface area (Å²) >= 11 is 0. The van der Waals surface area contributed by atoms with E-state index in [0.717, 1.165) is 19.3 Å². The van der Waals surface area contributed by atoms with Crippen LogP contribution in [0.25, 0.3) is 0 Å². The molecule has 0 heterocycles. The van der Waals surface area contributed by atoms with Crippen LogP contribution in [0, 0.1) is 22.7 Å². The highest BCUT2D eigenvalue weighted by atomic mass is 28.4. The number of methoxy groups -OCH3 is 1. The number of rotatable bonds is 5. The van der Waals surface area contributed by atoms with Crippen molar-refractivity contribution in [2.24, 2.45) is 22.7 Å². The van der Waals surface area contributed by atoms with Crippen LogP contribution in [0.15, 0.2) is 12.7 Å². The summed E-state index contributed by atoms with van der Waals surface area (Å²) in [4.78, 5) is 26.5. The fraction of sp³-hybridized carbons (Fsp3) is 0.810. The van der Waals surface area contributed by atoms with Crippen molar-refractivity contribution in [3.63, 3.8) is 0 Å². The van der Waals surface area contributed by atoms with Crippen molar-refractivity contribution in [3.8, 4) is 0 Å². The molecule has 4 nitrogen and oxygen atoms in total. The zero-order chi connectivity index (χ0) is 19.5. The summed E-state index contributed by atoms with van der Waals surface area (Å²) in [6, 6.07) is 0. The highest BCUT2D eigenvalue weighted by molar-refractivity contribution is 6.74. The maximum atomic E-state index is 13.3. The molecule has 146 valence electrons. The van der Waals surface area contributed by atoms with E-state index in [9.17, 15) is 9.59 Å². The topological polar surface area (TPSA) is 52.6 Å². The molecule has 4 aliphatic rings. The Bertz CT molecular complexity index is 634. The number of fused-ring (bicyclic) bond motifs is 1. The van der Waals surface area contributed by atoms with Gasteiger partial charge in [-0.25, -0.2) is 0 Å². The van der Waals surface area contributed by atoms with Crippen molar-refractivity contribution >= 4 is 20.1 Å². The van der Waals surface area contributed by atoms with E-state index in [0.29, 0.717) is 12.8 Å². The molecule has 0 spiro atoms. The second-order valence-corrected chi connectivity index (χ2v) is 14.9. The Hall–Kier alpha value is -0.943. The van der Waals surface area contributed by atoms with Gasteiger partial charge in [-0.05, 0) is 55.7 Å². The number of carbonyl (C=O) groups is 2. The first kappa shape index (κ1) is 19.8. The van der Waals surface area contributed by atoms with Gasteiger partial charge < -0.3 is 9.16 Å². The predicted octanol–water partition coefficient (Wildman–Crippen LogP) is 4.50. The van der Waals surface area contributed by atoms with Gasteiger partial charge in [-0.3, -0.25) is 9.59 Å². The SMILES string of the molecule is C=CC[C@]12C(=O)CC3C[C@H]1C[C@H](O[Si](C)(C)C(C)(C)C)[C@@]2(C(=O)OC)C3. The summed E-state index contributed by atoms with van der Waals surface area (Å²) in [5.74, 6) is 0.473. The first-order valence-corrected chi connectivity index (χ1v) is 12.8. The number of hydrogen-bond donors (Lipinski definition) is 0. The van der Waals surface area contributed by atoms with Gasteiger partial charge in [-0.15, -0.1) is 6.58 Å². The second kappa shape index (κ2) is 6.03. The van der Waals surface area contributed by atoms with Gasteiger partial charge >= 0.3 is 5.97 Å². The van der Waals surface area contributed by atoms with Crippen LogP contribution in [0.5, 0.6) is 0 Å². The lowest BCUT2D eigenvalue weighted by molar-refractivity contribution is -0.189. The number of esters is 1. The van der Waals surface area contributed by atoms with Crippen molar-refractivity contribution in [1.82, 2.24) is 0 Å². The Morgan fingerprint density at radius 2 is 2.00 bits per heavy atom. The number of ether oxygens (including phenoxy) is 1. The molecule has 4 saturated carbocycles. The van der Waals surface area contributed by atoms with Crippen molar-refractivity contribution < 1.29 is 18.8 Å². The van der Waals surface area contributed by atoms with Gasteiger partial charge in [0.1, 0.15) is 11.2 Å². The monoisotopic (exact) mass is 378 g/mol. The second-order valence-electron chi connectivity index (χ2n) is 10.2. The van der Waals surface area contributed by atoms with E-state index in [1.54, 1.807) is 0 Å². The largest absolute Gasteiger partial charge is 0.468 e. The maximum Gasteiger partial charge on any atom is 0.315 e. The van der Waals surface area contributed by atoms with Gasteiger partial charge in [0.2, 0.25) is 0 Å². The molecule has 4 bridgehead atoms. The predicted molar refractivity (Wildman–Crippen MR) is 104 cm³/mol. The zero-order valence-electron chi connectivity index (χ0n) is 17.2. The van der Waals surface area contributed by atoms with Gasteiger partial charge in [0.05, 0.1) is 18.6 Å². The number of Topliss-reactive ketones (excluding diaryl/α,β-unsaturated/α-hetero) is 1. The summed E-state index contributed by atoms with van der Waals surface area (Å²) in [6.45, 7) is 15.0. The van der Waals surface area contributed by atoms with Crippen molar-refractivity contribution in [2.45, 2.75) is 77.1 Å². The zero-order valence-corrected chi connectivity index (χ0v) is 18.2. The van der Waals surface area contributed by atoms with Crippen LogP contribution >= 0.6 is 0 Å². The third-order valence-corrected chi connectivity index (χ3v) is 12.5. The van der Waals surface area contributed by atoms with E-state index in [1.165, 1.54) is 7.11 Å². The molecule has 0 radical (unpaired) electrons. The average molecular weight is 379 g/mol. The molecular formula is C21H34O4Si. The summed E-state index contributed by atoms with van der Waals surface area (Å²) < 4.78 is 12.2. The highest BCUT2D eigenvalue weighted by Crippen LogP contribution is 2.72. The molecule has 0 aromatic heterocycles. The number of hydrogen-bond acceptors (Lipinski definition) is 4. The summed E-state index contributed by atoms with van der Waals surface area (Å²) in [5.41, 5.74) is -1.52. The molecule has 0 amide bonds. The summed E-state index contributed by atoms with van der Waals surface area (Å²) in [7, 11) is -0.639. The lowest BCUT2D eigenvalue weighted by Crippen LogP contribution is -2.64. The van der Waals surface area contributed by atoms with Crippen LogP contribution in [0.2, 0.25) is 18.1 Å². The van der Waals surface area contributed by atoms with E-state index in [1.807, 2.05) is 6.08 Å². The van der Waals surface area contributed by atoms with E-state index in [4.69, 9.17) is 9.16 Å².